The van der Waals surface area contributed by atoms with Crippen LogP contribution in [0.4, 0.5) is 5.69 Å². The molecule has 0 amide bonds. The molecule has 2 atom stereocenters. The minimum Gasteiger partial charge on any atom is -0.388 e. The van der Waals surface area contributed by atoms with Crippen LogP contribution < -0.4 is 4.90 Å². The number of aliphatic hydroxyl groups is 1. The predicted molar refractivity (Wildman–Crippen MR) is 74.4 cm³/mol. The molecule has 0 aromatic heterocycles. The molecule has 0 spiro atoms. The van der Waals surface area contributed by atoms with Gasteiger partial charge < -0.3 is 10.0 Å². The Bertz CT molecular complexity index is 337. The van der Waals surface area contributed by atoms with E-state index in [0.29, 0.717) is 5.92 Å². The zero-order valence-electron chi connectivity index (χ0n) is 11.5. The highest BCUT2D eigenvalue weighted by Crippen LogP contribution is 2.27. The van der Waals surface area contributed by atoms with E-state index < -0.39 is 0 Å². The molecular formula is C15H25NO. The van der Waals surface area contributed by atoms with E-state index in [-0.39, 0.29) is 6.10 Å². The van der Waals surface area contributed by atoms with E-state index in [9.17, 15) is 5.11 Å². The molecule has 0 saturated heterocycles. The second-order valence-corrected chi connectivity index (χ2v) is 4.88. The largest absolute Gasteiger partial charge is 0.388 e. The number of aliphatic hydroxyl groups excluding tert-OH is 1. The lowest BCUT2D eigenvalue weighted by molar-refractivity contribution is 0.174. The number of benzene rings is 1. The fourth-order valence-corrected chi connectivity index (χ4v) is 2.03. The Kier molecular flexibility index (Phi) is 5.49. The first-order chi connectivity index (χ1) is 8.10. The Morgan fingerprint density at radius 3 is 2.41 bits per heavy atom. The Hall–Kier alpha value is -1.02. The summed E-state index contributed by atoms with van der Waals surface area (Å²) in [6, 6.07) is 8.15. The molecule has 1 aromatic rings. The minimum absolute atomic E-state index is 0.356. The highest BCUT2D eigenvalue weighted by molar-refractivity contribution is 5.54. The van der Waals surface area contributed by atoms with Crippen molar-refractivity contribution in [1.29, 1.82) is 0 Å². The summed E-state index contributed by atoms with van der Waals surface area (Å²) in [6.45, 7) is 7.51. The van der Waals surface area contributed by atoms with Crippen LogP contribution in [0, 0.1) is 5.92 Å². The first-order valence-corrected chi connectivity index (χ1v) is 6.58. The van der Waals surface area contributed by atoms with Crippen LogP contribution in [0.3, 0.4) is 0 Å². The lowest BCUT2D eigenvalue weighted by Gasteiger charge is -2.26. The van der Waals surface area contributed by atoms with Gasteiger partial charge in [0.15, 0.2) is 0 Å². The lowest BCUT2D eigenvalue weighted by atomic mass is 10.0. The van der Waals surface area contributed by atoms with E-state index in [1.54, 1.807) is 0 Å². The highest BCUT2D eigenvalue weighted by Gasteiger charge is 2.14. The molecule has 0 aliphatic rings. The van der Waals surface area contributed by atoms with Crippen molar-refractivity contribution in [3.05, 3.63) is 29.8 Å². The summed E-state index contributed by atoms with van der Waals surface area (Å²) in [5.41, 5.74) is 2.20. The smallest absolute Gasteiger partial charge is 0.0807 e. The average Bonchev–Trinajstić information content (AvgIpc) is 2.37. The monoisotopic (exact) mass is 235 g/mol. The van der Waals surface area contributed by atoms with Crippen LogP contribution >= 0.6 is 0 Å². The molecule has 0 heterocycles. The quantitative estimate of drug-likeness (QED) is 0.814. The molecule has 1 rings (SSSR count). The zero-order chi connectivity index (χ0) is 12.8. The van der Waals surface area contributed by atoms with E-state index in [0.717, 1.165) is 24.2 Å². The van der Waals surface area contributed by atoms with Gasteiger partial charge in [-0.1, -0.05) is 45.4 Å². The number of nitrogens with zero attached hydrogens (tertiary/aromatic N) is 1. The Morgan fingerprint density at radius 1 is 1.18 bits per heavy atom. The predicted octanol–water partition coefficient (Wildman–Crippen LogP) is 3.61. The average molecular weight is 235 g/mol. The Labute approximate surface area is 105 Å². The molecule has 2 heteroatoms. The van der Waals surface area contributed by atoms with Crippen LogP contribution in [-0.4, -0.2) is 18.7 Å². The van der Waals surface area contributed by atoms with Crippen molar-refractivity contribution in [2.24, 2.45) is 5.92 Å². The van der Waals surface area contributed by atoms with Crippen molar-refractivity contribution in [3.8, 4) is 0 Å². The van der Waals surface area contributed by atoms with E-state index in [4.69, 9.17) is 0 Å². The summed E-state index contributed by atoms with van der Waals surface area (Å²) in [5, 5.41) is 10.0. The first kappa shape index (κ1) is 14.0. The number of rotatable bonds is 6. The molecule has 17 heavy (non-hydrogen) atoms. The molecular weight excluding hydrogens is 210 g/mol. The van der Waals surface area contributed by atoms with Crippen molar-refractivity contribution in [1.82, 2.24) is 0 Å². The van der Waals surface area contributed by atoms with Crippen molar-refractivity contribution < 1.29 is 5.11 Å². The molecule has 0 saturated carbocycles. The van der Waals surface area contributed by atoms with E-state index in [1.165, 1.54) is 6.42 Å². The maximum atomic E-state index is 10.0. The topological polar surface area (TPSA) is 23.5 Å². The number of anilines is 1. The van der Waals surface area contributed by atoms with E-state index in [1.807, 2.05) is 25.1 Å². The third-order valence-corrected chi connectivity index (χ3v) is 3.38. The maximum absolute atomic E-state index is 10.0. The first-order valence-electron chi connectivity index (χ1n) is 6.58. The normalized spacial score (nSPS) is 14.4. The van der Waals surface area contributed by atoms with Gasteiger partial charge in [-0.05, 0) is 18.4 Å². The van der Waals surface area contributed by atoms with Crippen molar-refractivity contribution in [2.45, 2.75) is 39.7 Å². The lowest BCUT2D eigenvalue weighted by Crippen LogP contribution is -2.25. The van der Waals surface area contributed by atoms with Gasteiger partial charge in [-0.25, -0.2) is 0 Å². The van der Waals surface area contributed by atoms with Gasteiger partial charge in [-0.15, -0.1) is 0 Å². The molecule has 96 valence electrons. The fourth-order valence-electron chi connectivity index (χ4n) is 2.03. The molecule has 2 nitrogen and oxygen atoms in total. The minimum atomic E-state index is -0.356. The van der Waals surface area contributed by atoms with Gasteiger partial charge in [-0.3, -0.25) is 0 Å². The van der Waals surface area contributed by atoms with Gasteiger partial charge in [0.05, 0.1) is 6.10 Å². The summed E-state index contributed by atoms with van der Waals surface area (Å²) in [4.78, 5) is 2.25. The maximum Gasteiger partial charge on any atom is 0.0807 e. The molecule has 0 radical (unpaired) electrons. The second kappa shape index (κ2) is 6.65. The van der Waals surface area contributed by atoms with Crippen LogP contribution in [-0.2, 0) is 0 Å². The molecule has 0 aliphatic heterocycles. The molecule has 2 unspecified atom stereocenters. The summed E-state index contributed by atoms with van der Waals surface area (Å²) in [5.74, 6) is 0.673. The molecule has 0 bridgehead atoms. The van der Waals surface area contributed by atoms with Gasteiger partial charge in [0.25, 0.3) is 0 Å². The molecule has 0 fully saturated rings. The summed E-state index contributed by atoms with van der Waals surface area (Å²) in [6.07, 6.45) is 1.59. The summed E-state index contributed by atoms with van der Waals surface area (Å²) in [7, 11) is 2.10. The standard InChI is InChI=1S/C15H25NO/c1-5-12(3)11-16(4)14-10-8-7-9-13(14)15(17)6-2/h7-10,12,15,17H,5-6,11H2,1-4H3. The van der Waals surface area contributed by atoms with Crippen LogP contribution in [0.25, 0.3) is 0 Å². The number of para-hydroxylation sites is 1. The van der Waals surface area contributed by atoms with Crippen molar-refractivity contribution >= 4 is 5.69 Å². The Morgan fingerprint density at radius 2 is 1.82 bits per heavy atom. The zero-order valence-corrected chi connectivity index (χ0v) is 11.5. The SMILES string of the molecule is CCC(C)CN(C)c1ccccc1C(O)CC. The van der Waals surface area contributed by atoms with E-state index >= 15 is 0 Å². The summed E-state index contributed by atoms with van der Waals surface area (Å²) < 4.78 is 0. The van der Waals surface area contributed by atoms with Crippen LogP contribution in [0.1, 0.15) is 45.3 Å². The van der Waals surface area contributed by atoms with Gasteiger partial charge in [0.2, 0.25) is 0 Å². The van der Waals surface area contributed by atoms with Gasteiger partial charge in [0.1, 0.15) is 0 Å². The van der Waals surface area contributed by atoms with Crippen molar-refractivity contribution in [2.75, 3.05) is 18.5 Å². The summed E-state index contributed by atoms with van der Waals surface area (Å²) >= 11 is 0. The highest BCUT2D eigenvalue weighted by atomic mass is 16.3. The molecule has 1 aromatic carbocycles. The van der Waals surface area contributed by atoms with Crippen LogP contribution in [0.2, 0.25) is 0 Å². The fraction of sp³-hybridized carbons (Fsp3) is 0.600. The second-order valence-electron chi connectivity index (χ2n) is 4.88. The Balaban J connectivity index is 2.88. The number of hydrogen-bond donors (Lipinski definition) is 1. The van der Waals surface area contributed by atoms with Crippen LogP contribution in [0.5, 0.6) is 0 Å². The molecule has 1 N–H and O–H groups in total. The van der Waals surface area contributed by atoms with Gasteiger partial charge in [0, 0.05) is 24.8 Å². The van der Waals surface area contributed by atoms with Crippen molar-refractivity contribution in [3.63, 3.8) is 0 Å². The third-order valence-electron chi connectivity index (χ3n) is 3.38. The number of hydrogen-bond acceptors (Lipinski definition) is 2. The van der Waals surface area contributed by atoms with Gasteiger partial charge in [-0.2, -0.15) is 0 Å². The van der Waals surface area contributed by atoms with Gasteiger partial charge >= 0.3 is 0 Å². The third kappa shape index (κ3) is 3.74. The van der Waals surface area contributed by atoms with E-state index in [2.05, 4.69) is 31.9 Å². The van der Waals surface area contributed by atoms with Crippen LogP contribution in [0.15, 0.2) is 24.3 Å². The molecule has 0 aliphatic carbocycles.